The lowest BCUT2D eigenvalue weighted by molar-refractivity contribution is -0.385. The van der Waals surface area contributed by atoms with Crippen molar-refractivity contribution in [1.29, 1.82) is 0 Å². The highest BCUT2D eigenvalue weighted by Crippen LogP contribution is 2.24. The van der Waals surface area contributed by atoms with Crippen molar-refractivity contribution < 1.29 is 9.31 Å². The number of hydrogen-bond acceptors (Lipinski definition) is 5. The summed E-state index contributed by atoms with van der Waals surface area (Å²) in [7, 11) is 0. The molecule has 7 heteroatoms. The minimum absolute atomic E-state index is 0.189. The zero-order chi connectivity index (χ0) is 14.1. The Kier molecular flexibility index (Phi) is 3.54. The van der Waals surface area contributed by atoms with Gasteiger partial charge in [-0.1, -0.05) is 0 Å². The standard InChI is InChI=1S/C13H17FN4O2/c14-10-5-11(7-12(6-10)18(19)20)16-1-3-17(4-2-16)13-8-15-9-13/h5-7,13,15H,1-4,8-9H2. The minimum atomic E-state index is -0.556. The van der Waals surface area contributed by atoms with Gasteiger partial charge in [-0.3, -0.25) is 15.0 Å². The highest BCUT2D eigenvalue weighted by atomic mass is 19.1. The second-order valence-electron chi connectivity index (χ2n) is 5.26. The number of non-ortho nitro benzene ring substituents is 1. The van der Waals surface area contributed by atoms with Crippen molar-refractivity contribution in [3.63, 3.8) is 0 Å². The smallest absolute Gasteiger partial charge is 0.274 e. The molecule has 0 atom stereocenters. The summed E-state index contributed by atoms with van der Waals surface area (Å²) in [6.07, 6.45) is 0. The van der Waals surface area contributed by atoms with Gasteiger partial charge < -0.3 is 10.2 Å². The fraction of sp³-hybridized carbons (Fsp3) is 0.538. The highest BCUT2D eigenvalue weighted by molar-refractivity contribution is 5.54. The van der Waals surface area contributed by atoms with E-state index in [0.29, 0.717) is 11.7 Å². The number of piperazine rings is 1. The van der Waals surface area contributed by atoms with Gasteiger partial charge in [0, 0.05) is 57.1 Å². The molecule has 1 aromatic rings. The van der Waals surface area contributed by atoms with Crippen molar-refractivity contribution in [2.24, 2.45) is 0 Å². The van der Waals surface area contributed by atoms with E-state index >= 15 is 0 Å². The molecule has 0 spiro atoms. The second-order valence-corrected chi connectivity index (χ2v) is 5.26. The van der Waals surface area contributed by atoms with E-state index in [4.69, 9.17) is 0 Å². The number of nitrogens with zero attached hydrogens (tertiary/aromatic N) is 3. The van der Waals surface area contributed by atoms with Gasteiger partial charge in [-0.15, -0.1) is 0 Å². The maximum atomic E-state index is 13.5. The van der Waals surface area contributed by atoms with Crippen molar-refractivity contribution in [3.05, 3.63) is 34.1 Å². The molecular formula is C13H17FN4O2. The Hall–Kier alpha value is -1.73. The third-order valence-corrected chi connectivity index (χ3v) is 4.03. The van der Waals surface area contributed by atoms with Gasteiger partial charge >= 0.3 is 0 Å². The first-order valence-corrected chi connectivity index (χ1v) is 6.78. The van der Waals surface area contributed by atoms with E-state index in [1.807, 2.05) is 4.90 Å². The van der Waals surface area contributed by atoms with Gasteiger partial charge in [0.15, 0.2) is 0 Å². The summed E-state index contributed by atoms with van der Waals surface area (Å²) in [6.45, 7) is 5.44. The fourth-order valence-corrected chi connectivity index (χ4v) is 2.72. The van der Waals surface area contributed by atoms with E-state index in [9.17, 15) is 14.5 Å². The molecule has 20 heavy (non-hydrogen) atoms. The van der Waals surface area contributed by atoms with E-state index in [1.54, 1.807) is 0 Å². The van der Waals surface area contributed by atoms with Crippen LogP contribution in [0.3, 0.4) is 0 Å². The third kappa shape index (κ3) is 2.59. The van der Waals surface area contributed by atoms with Crippen LogP contribution in [-0.4, -0.2) is 55.1 Å². The molecule has 2 saturated heterocycles. The van der Waals surface area contributed by atoms with Crippen LogP contribution >= 0.6 is 0 Å². The number of nitrogens with one attached hydrogen (secondary N) is 1. The molecule has 0 unspecified atom stereocenters. The van der Waals surface area contributed by atoms with Gasteiger partial charge in [0.25, 0.3) is 5.69 Å². The maximum absolute atomic E-state index is 13.5. The Morgan fingerprint density at radius 1 is 1.20 bits per heavy atom. The van der Waals surface area contributed by atoms with Crippen LogP contribution in [0, 0.1) is 15.9 Å². The summed E-state index contributed by atoms with van der Waals surface area (Å²) in [6, 6.07) is 4.38. The Labute approximate surface area is 116 Å². The van der Waals surface area contributed by atoms with Gasteiger partial charge in [-0.25, -0.2) is 4.39 Å². The van der Waals surface area contributed by atoms with Crippen LogP contribution in [0.5, 0.6) is 0 Å². The zero-order valence-corrected chi connectivity index (χ0v) is 11.1. The molecule has 2 fully saturated rings. The molecule has 1 aromatic carbocycles. The first kappa shape index (κ1) is 13.3. The molecule has 2 aliphatic heterocycles. The predicted molar refractivity (Wildman–Crippen MR) is 73.5 cm³/mol. The van der Waals surface area contributed by atoms with E-state index < -0.39 is 10.7 Å². The van der Waals surface area contributed by atoms with E-state index in [1.165, 1.54) is 12.1 Å². The molecular weight excluding hydrogens is 263 g/mol. The number of nitro benzene ring substituents is 1. The SMILES string of the molecule is O=[N+]([O-])c1cc(F)cc(N2CCN(C3CNC3)CC2)c1. The van der Waals surface area contributed by atoms with Crippen LogP contribution in [0.4, 0.5) is 15.8 Å². The summed E-state index contributed by atoms with van der Waals surface area (Å²) in [5, 5.41) is 14.0. The molecule has 0 amide bonds. The van der Waals surface area contributed by atoms with Crippen molar-refractivity contribution in [1.82, 2.24) is 10.2 Å². The lowest BCUT2D eigenvalue weighted by Crippen LogP contribution is -2.61. The van der Waals surface area contributed by atoms with E-state index in [2.05, 4.69) is 10.2 Å². The molecule has 1 N–H and O–H groups in total. The van der Waals surface area contributed by atoms with Crippen molar-refractivity contribution in [2.75, 3.05) is 44.2 Å². The lowest BCUT2D eigenvalue weighted by Gasteiger charge is -2.43. The Morgan fingerprint density at radius 2 is 1.90 bits per heavy atom. The first-order chi connectivity index (χ1) is 9.63. The number of benzene rings is 1. The molecule has 2 heterocycles. The van der Waals surface area contributed by atoms with Crippen molar-refractivity contribution >= 4 is 11.4 Å². The molecule has 6 nitrogen and oxygen atoms in total. The van der Waals surface area contributed by atoms with Gasteiger partial charge in [-0.2, -0.15) is 0 Å². The molecule has 0 aromatic heterocycles. The minimum Gasteiger partial charge on any atom is -0.369 e. The Morgan fingerprint density at radius 3 is 2.45 bits per heavy atom. The fourth-order valence-electron chi connectivity index (χ4n) is 2.72. The van der Waals surface area contributed by atoms with Crippen LogP contribution in [0.25, 0.3) is 0 Å². The average Bonchev–Trinajstić information content (AvgIpc) is 2.37. The van der Waals surface area contributed by atoms with Crippen LogP contribution < -0.4 is 10.2 Å². The maximum Gasteiger partial charge on any atom is 0.274 e. The van der Waals surface area contributed by atoms with Crippen LogP contribution in [0.1, 0.15) is 0 Å². The summed E-state index contributed by atoms with van der Waals surface area (Å²) in [4.78, 5) is 14.7. The molecule has 0 bridgehead atoms. The summed E-state index contributed by atoms with van der Waals surface area (Å²) in [5.41, 5.74) is 0.411. The van der Waals surface area contributed by atoms with E-state index in [-0.39, 0.29) is 5.69 Å². The number of anilines is 1. The summed E-state index contributed by atoms with van der Waals surface area (Å²) in [5.74, 6) is -0.556. The lowest BCUT2D eigenvalue weighted by atomic mass is 10.1. The third-order valence-electron chi connectivity index (χ3n) is 4.03. The molecule has 0 aliphatic carbocycles. The zero-order valence-electron chi connectivity index (χ0n) is 11.1. The summed E-state index contributed by atoms with van der Waals surface area (Å²) < 4.78 is 13.5. The first-order valence-electron chi connectivity index (χ1n) is 6.78. The van der Waals surface area contributed by atoms with Gasteiger partial charge in [0.1, 0.15) is 5.82 Å². The molecule has 2 aliphatic rings. The number of nitro groups is 1. The Balaban J connectivity index is 1.69. The monoisotopic (exact) mass is 280 g/mol. The number of rotatable bonds is 3. The molecule has 108 valence electrons. The van der Waals surface area contributed by atoms with Gasteiger partial charge in [-0.05, 0) is 6.07 Å². The predicted octanol–water partition coefficient (Wildman–Crippen LogP) is 0.828. The molecule has 0 saturated carbocycles. The van der Waals surface area contributed by atoms with E-state index in [0.717, 1.165) is 45.3 Å². The normalized spacial score (nSPS) is 20.8. The van der Waals surface area contributed by atoms with Crippen LogP contribution in [0.2, 0.25) is 0 Å². The topological polar surface area (TPSA) is 61.7 Å². The van der Waals surface area contributed by atoms with Gasteiger partial charge in [0.2, 0.25) is 0 Å². The Bertz CT molecular complexity index is 513. The summed E-state index contributed by atoms with van der Waals surface area (Å²) >= 11 is 0. The second kappa shape index (κ2) is 5.34. The molecule has 3 rings (SSSR count). The highest BCUT2D eigenvalue weighted by Gasteiger charge is 2.28. The largest absolute Gasteiger partial charge is 0.369 e. The number of halogens is 1. The average molecular weight is 280 g/mol. The van der Waals surface area contributed by atoms with Crippen LogP contribution in [0.15, 0.2) is 18.2 Å². The van der Waals surface area contributed by atoms with Gasteiger partial charge in [0.05, 0.1) is 11.0 Å². The molecule has 0 radical (unpaired) electrons. The van der Waals surface area contributed by atoms with Crippen molar-refractivity contribution in [2.45, 2.75) is 6.04 Å². The van der Waals surface area contributed by atoms with Crippen molar-refractivity contribution in [3.8, 4) is 0 Å². The quantitative estimate of drug-likeness (QED) is 0.656. The van der Waals surface area contributed by atoms with Crippen LogP contribution in [-0.2, 0) is 0 Å². The number of hydrogen-bond donors (Lipinski definition) is 1.